The van der Waals surface area contributed by atoms with Crippen LogP contribution in [0.15, 0.2) is 30.3 Å². The Balaban J connectivity index is 1.56. The lowest BCUT2D eigenvalue weighted by Gasteiger charge is -2.39. The summed E-state index contributed by atoms with van der Waals surface area (Å²) >= 11 is 0. The number of nitrogens with one attached hydrogen (secondary N) is 3. The molecule has 0 fully saturated rings. The van der Waals surface area contributed by atoms with E-state index in [1.54, 1.807) is 18.2 Å². The Labute approximate surface area is 175 Å². The van der Waals surface area contributed by atoms with Gasteiger partial charge in [-0.3, -0.25) is 4.79 Å². The highest BCUT2D eigenvalue weighted by Crippen LogP contribution is 2.42. The van der Waals surface area contributed by atoms with Crippen molar-refractivity contribution in [3.63, 3.8) is 0 Å². The number of alkyl halides is 2. The molecule has 0 aromatic heterocycles. The van der Waals surface area contributed by atoms with Crippen molar-refractivity contribution < 1.29 is 31.9 Å². The van der Waals surface area contributed by atoms with Crippen LogP contribution in [0.5, 0.6) is 5.75 Å². The van der Waals surface area contributed by atoms with E-state index >= 15 is 0 Å². The number of rotatable bonds is 4. The van der Waals surface area contributed by atoms with Gasteiger partial charge in [0, 0.05) is 35.8 Å². The van der Waals surface area contributed by atoms with Crippen molar-refractivity contribution in [3.8, 4) is 5.75 Å². The zero-order valence-corrected chi connectivity index (χ0v) is 16.2. The van der Waals surface area contributed by atoms with Gasteiger partial charge in [-0.25, -0.2) is 22.4 Å². The molecule has 10 heteroatoms. The standard InChI is InChI=1S/C21H19F4N3O3/c22-9-21(10-23)8-17(14-5-12(24)6-15(25)19(14)31-21)28-20(30)26-13-3-1-11-2-4-18(29)27-16(11)7-13/h1,3,5-7,17H,2,4,8-10H2,(H,27,29)(H2,26,28,30)/t17-/m1/s1. The van der Waals surface area contributed by atoms with Crippen LogP contribution in [0.4, 0.5) is 33.7 Å². The van der Waals surface area contributed by atoms with E-state index in [1.807, 2.05) is 0 Å². The van der Waals surface area contributed by atoms with Gasteiger partial charge in [-0.2, -0.15) is 0 Å². The van der Waals surface area contributed by atoms with Gasteiger partial charge in [0.15, 0.2) is 17.2 Å². The predicted molar refractivity (Wildman–Crippen MR) is 105 cm³/mol. The maximum absolute atomic E-state index is 14.2. The lowest BCUT2D eigenvalue weighted by atomic mass is 9.88. The van der Waals surface area contributed by atoms with Crippen molar-refractivity contribution in [2.45, 2.75) is 30.9 Å². The van der Waals surface area contributed by atoms with Crippen molar-refractivity contribution >= 4 is 23.3 Å². The van der Waals surface area contributed by atoms with Crippen LogP contribution in [0.1, 0.15) is 30.0 Å². The zero-order valence-electron chi connectivity index (χ0n) is 16.2. The van der Waals surface area contributed by atoms with Crippen LogP contribution in [-0.2, 0) is 11.2 Å². The summed E-state index contributed by atoms with van der Waals surface area (Å²) in [5, 5.41) is 7.78. The Bertz CT molecular complexity index is 1040. The van der Waals surface area contributed by atoms with E-state index < -0.39 is 48.4 Å². The molecule has 1 atom stereocenters. The van der Waals surface area contributed by atoms with E-state index in [1.165, 1.54) is 0 Å². The van der Waals surface area contributed by atoms with Crippen LogP contribution in [0, 0.1) is 11.6 Å². The molecule has 2 aromatic rings. The molecule has 0 saturated heterocycles. The molecule has 3 N–H and O–H groups in total. The van der Waals surface area contributed by atoms with Crippen LogP contribution < -0.4 is 20.7 Å². The normalized spacial score (nSPS) is 18.8. The van der Waals surface area contributed by atoms with Crippen LogP contribution in [0.2, 0.25) is 0 Å². The number of halogens is 4. The number of amides is 3. The molecule has 0 spiro atoms. The van der Waals surface area contributed by atoms with Crippen molar-refractivity contribution in [3.05, 3.63) is 53.1 Å². The minimum Gasteiger partial charge on any atom is -0.478 e. The smallest absolute Gasteiger partial charge is 0.319 e. The Hall–Kier alpha value is -3.30. The number of urea groups is 1. The van der Waals surface area contributed by atoms with Gasteiger partial charge < -0.3 is 20.7 Å². The van der Waals surface area contributed by atoms with E-state index in [2.05, 4.69) is 16.0 Å². The van der Waals surface area contributed by atoms with E-state index in [0.29, 0.717) is 30.3 Å². The summed E-state index contributed by atoms with van der Waals surface area (Å²) < 4.78 is 60.3. The first-order chi connectivity index (χ1) is 14.8. The van der Waals surface area contributed by atoms with E-state index in [9.17, 15) is 27.2 Å². The molecule has 0 saturated carbocycles. The molecular formula is C21H19F4N3O3. The average molecular weight is 437 g/mol. The number of benzene rings is 2. The van der Waals surface area contributed by atoms with Gasteiger partial charge in [-0.15, -0.1) is 0 Å². The number of carbonyl (C=O) groups is 2. The summed E-state index contributed by atoms with van der Waals surface area (Å²) in [6, 6.07) is 4.63. The third kappa shape index (κ3) is 4.14. The Morgan fingerprint density at radius 2 is 1.94 bits per heavy atom. The average Bonchev–Trinajstić information content (AvgIpc) is 2.74. The summed E-state index contributed by atoms with van der Waals surface area (Å²) in [6.07, 6.45) is 0.600. The molecule has 4 rings (SSSR count). The number of fused-ring (bicyclic) bond motifs is 2. The second-order valence-electron chi connectivity index (χ2n) is 7.63. The highest BCUT2D eigenvalue weighted by Gasteiger charge is 2.44. The molecule has 2 aliphatic heterocycles. The van der Waals surface area contributed by atoms with Gasteiger partial charge in [0.25, 0.3) is 0 Å². The SMILES string of the molecule is O=C1CCc2ccc(NC(=O)N[C@@H]3CC(CF)(CF)Oc4c(F)cc(F)cc43)cc2N1. The number of hydrogen-bond acceptors (Lipinski definition) is 3. The van der Waals surface area contributed by atoms with Crippen LogP contribution in [-0.4, -0.2) is 30.9 Å². The minimum absolute atomic E-state index is 0.0529. The molecule has 0 bridgehead atoms. The second kappa shape index (κ2) is 8.09. The molecular weight excluding hydrogens is 418 g/mol. The Morgan fingerprint density at radius 1 is 1.16 bits per heavy atom. The summed E-state index contributed by atoms with van der Waals surface area (Å²) in [6.45, 7) is -2.52. The summed E-state index contributed by atoms with van der Waals surface area (Å²) in [5.74, 6) is -2.65. The zero-order chi connectivity index (χ0) is 22.2. The van der Waals surface area contributed by atoms with E-state index in [-0.39, 0.29) is 17.9 Å². The molecule has 0 aliphatic carbocycles. The molecule has 2 aromatic carbocycles. The molecule has 0 unspecified atom stereocenters. The first-order valence-electron chi connectivity index (χ1n) is 9.63. The maximum atomic E-state index is 14.2. The van der Waals surface area contributed by atoms with E-state index in [4.69, 9.17) is 4.74 Å². The highest BCUT2D eigenvalue weighted by atomic mass is 19.1. The lowest BCUT2D eigenvalue weighted by Crippen LogP contribution is -2.49. The number of aryl methyl sites for hydroxylation is 1. The predicted octanol–water partition coefficient (Wildman–Crippen LogP) is 4.17. The van der Waals surface area contributed by atoms with Gasteiger partial charge in [-0.05, 0) is 30.2 Å². The molecule has 164 valence electrons. The number of ether oxygens (including phenoxy) is 1. The largest absolute Gasteiger partial charge is 0.478 e. The van der Waals surface area contributed by atoms with Gasteiger partial charge in [-0.1, -0.05) is 6.07 Å². The molecule has 0 radical (unpaired) electrons. The monoisotopic (exact) mass is 437 g/mol. The van der Waals surface area contributed by atoms with Crippen LogP contribution in [0.3, 0.4) is 0 Å². The molecule has 2 aliphatic rings. The van der Waals surface area contributed by atoms with Gasteiger partial charge >= 0.3 is 6.03 Å². The van der Waals surface area contributed by atoms with Gasteiger partial charge in [0.05, 0.1) is 6.04 Å². The molecule has 6 nitrogen and oxygen atoms in total. The molecule has 31 heavy (non-hydrogen) atoms. The first-order valence-corrected chi connectivity index (χ1v) is 9.63. The molecule has 3 amide bonds. The van der Waals surface area contributed by atoms with Gasteiger partial charge in [0.2, 0.25) is 5.91 Å². The van der Waals surface area contributed by atoms with Crippen molar-refractivity contribution in [2.75, 3.05) is 24.0 Å². The Kier molecular flexibility index (Phi) is 5.47. The van der Waals surface area contributed by atoms with Crippen LogP contribution in [0.25, 0.3) is 0 Å². The fourth-order valence-electron chi connectivity index (χ4n) is 3.79. The topological polar surface area (TPSA) is 79.5 Å². The lowest BCUT2D eigenvalue weighted by molar-refractivity contribution is -0.116. The number of hydrogen-bond donors (Lipinski definition) is 3. The van der Waals surface area contributed by atoms with Crippen molar-refractivity contribution in [1.82, 2.24) is 5.32 Å². The van der Waals surface area contributed by atoms with E-state index in [0.717, 1.165) is 11.6 Å². The third-order valence-electron chi connectivity index (χ3n) is 5.36. The van der Waals surface area contributed by atoms with Crippen molar-refractivity contribution in [1.29, 1.82) is 0 Å². The summed E-state index contributed by atoms with van der Waals surface area (Å²) in [5.41, 5.74) is -0.185. The molecule has 2 heterocycles. The third-order valence-corrected chi connectivity index (χ3v) is 5.36. The van der Waals surface area contributed by atoms with Gasteiger partial charge in [0.1, 0.15) is 19.2 Å². The number of anilines is 2. The van der Waals surface area contributed by atoms with Crippen LogP contribution >= 0.6 is 0 Å². The fourth-order valence-corrected chi connectivity index (χ4v) is 3.79. The minimum atomic E-state index is -1.99. The summed E-state index contributed by atoms with van der Waals surface area (Å²) in [7, 11) is 0. The number of carbonyl (C=O) groups excluding carboxylic acids is 2. The maximum Gasteiger partial charge on any atom is 0.319 e. The second-order valence-corrected chi connectivity index (χ2v) is 7.63. The quantitative estimate of drug-likeness (QED) is 0.628. The first kappa shape index (κ1) is 21.0. The summed E-state index contributed by atoms with van der Waals surface area (Å²) in [4.78, 5) is 24.1. The Morgan fingerprint density at radius 3 is 2.68 bits per heavy atom. The fraction of sp³-hybridized carbons (Fsp3) is 0.333. The highest BCUT2D eigenvalue weighted by molar-refractivity contribution is 5.96. The van der Waals surface area contributed by atoms with Crippen molar-refractivity contribution in [2.24, 2.45) is 0 Å².